The molecule has 0 fully saturated rings. The van der Waals surface area contributed by atoms with E-state index in [2.05, 4.69) is 0 Å². The van der Waals surface area contributed by atoms with Gasteiger partial charge in [-0.2, -0.15) is 0 Å². The standard InChI is InChI=1S/C8H13N2O2P/c9-13(10,11)12-7-6-8-4-2-1-3-5-8/h1-5H,6-7H2,(H4,9,10,11). The van der Waals surface area contributed by atoms with Gasteiger partial charge in [-0.25, -0.2) is 11.0 Å². The van der Waals surface area contributed by atoms with E-state index in [-0.39, 0.29) is 6.61 Å². The smallest absolute Gasteiger partial charge is 0.306 e. The Balaban J connectivity index is 2.33. The molecule has 0 radical (unpaired) electrons. The molecule has 0 aliphatic carbocycles. The van der Waals surface area contributed by atoms with Gasteiger partial charge in [0.25, 0.3) is 0 Å². The molecule has 0 aliphatic heterocycles. The molecule has 0 amide bonds. The Morgan fingerprint density at radius 2 is 1.85 bits per heavy atom. The van der Waals surface area contributed by atoms with Gasteiger partial charge >= 0.3 is 7.67 Å². The van der Waals surface area contributed by atoms with Crippen molar-refractivity contribution < 1.29 is 9.09 Å². The lowest BCUT2D eigenvalue weighted by atomic mass is 10.2. The largest absolute Gasteiger partial charge is 0.335 e. The summed E-state index contributed by atoms with van der Waals surface area (Å²) in [6.07, 6.45) is 0.666. The van der Waals surface area contributed by atoms with Gasteiger partial charge in [0.15, 0.2) is 0 Å². The quantitative estimate of drug-likeness (QED) is 0.717. The van der Waals surface area contributed by atoms with Gasteiger partial charge in [-0.05, 0) is 12.0 Å². The predicted octanol–water partition coefficient (Wildman–Crippen LogP) is 1.27. The molecule has 4 N–H and O–H groups in total. The fourth-order valence-corrected chi connectivity index (χ4v) is 1.33. The highest BCUT2D eigenvalue weighted by Gasteiger charge is 2.07. The summed E-state index contributed by atoms with van der Waals surface area (Å²) in [7, 11) is -3.30. The van der Waals surface area contributed by atoms with Gasteiger partial charge in [-0.15, -0.1) is 0 Å². The van der Waals surface area contributed by atoms with Crippen molar-refractivity contribution in [3.05, 3.63) is 35.9 Å². The van der Waals surface area contributed by atoms with E-state index in [0.29, 0.717) is 6.42 Å². The molecule has 72 valence electrons. The van der Waals surface area contributed by atoms with E-state index in [0.717, 1.165) is 5.56 Å². The summed E-state index contributed by atoms with van der Waals surface area (Å²) in [4.78, 5) is 0. The van der Waals surface area contributed by atoms with Crippen molar-refractivity contribution in [2.45, 2.75) is 6.42 Å². The minimum atomic E-state index is -3.30. The van der Waals surface area contributed by atoms with Crippen LogP contribution in [0.3, 0.4) is 0 Å². The third kappa shape index (κ3) is 4.80. The van der Waals surface area contributed by atoms with Crippen LogP contribution < -0.4 is 11.0 Å². The highest BCUT2D eigenvalue weighted by Crippen LogP contribution is 2.25. The highest BCUT2D eigenvalue weighted by molar-refractivity contribution is 7.53. The monoisotopic (exact) mass is 200 g/mol. The zero-order valence-electron chi connectivity index (χ0n) is 7.22. The average Bonchev–Trinajstić information content (AvgIpc) is 2.04. The van der Waals surface area contributed by atoms with Crippen molar-refractivity contribution in [3.63, 3.8) is 0 Å². The molecule has 0 unspecified atom stereocenters. The topological polar surface area (TPSA) is 78.3 Å². The van der Waals surface area contributed by atoms with Gasteiger partial charge < -0.3 is 4.52 Å². The lowest BCUT2D eigenvalue weighted by Crippen LogP contribution is -2.10. The average molecular weight is 200 g/mol. The second-order valence-corrected chi connectivity index (χ2v) is 4.26. The molecule has 1 aromatic carbocycles. The summed E-state index contributed by atoms with van der Waals surface area (Å²) in [5.41, 5.74) is 11.1. The van der Waals surface area contributed by atoms with Crippen LogP contribution in [0.2, 0.25) is 0 Å². The molecule has 1 aromatic rings. The molecular formula is C8H13N2O2P. The van der Waals surface area contributed by atoms with E-state index < -0.39 is 7.67 Å². The number of hydrogen-bond donors (Lipinski definition) is 2. The third-order valence-electron chi connectivity index (χ3n) is 1.53. The minimum Gasteiger partial charge on any atom is -0.306 e. The molecule has 13 heavy (non-hydrogen) atoms. The zero-order valence-corrected chi connectivity index (χ0v) is 8.11. The Bertz CT molecular complexity index is 296. The van der Waals surface area contributed by atoms with Crippen molar-refractivity contribution in [2.75, 3.05) is 6.61 Å². The highest BCUT2D eigenvalue weighted by atomic mass is 31.2. The molecule has 0 bridgehead atoms. The Labute approximate surface area is 77.4 Å². The Kier molecular flexibility index (Phi) is 3.63. The molecular weight excluding hydrogens is 187 g/mol. The molecule has 0 aliphatic rings. The van der Waals surface area contributed by atoms with Crippen LogP contribution >= 0.6 is 7.67 Å². The van der Waals surface area contributed by atoms with Crippen LogP contribution in [0.5, 0.6) is 0 Å². The van der Waals surface area contributed by atoms with Gasteiger partial charge in [0, 0.05) is 0 Å². The van der Waals surface area contributed by atoms with Gasteiger partial charge in [-0.3, -0.25) is 4.57 Å². The van der Waals surface area contributed by atoms with E-state index in [9.17, 15) is 4.57 Å². The van der Waals surface area contributed by atoms with Gasteiger partial charge in [0.1, 0.15) is 0 Å². The van der Waals surface area contributed by atoms with Gasteiger partial charge in [-0.1, -0.05) is 30.3 Å². The molecule has 0 saturated heterocycles. The Hall–Kier alpha value is -0.670. The SMILES string of the molecule is NP(N)(=O)OCCc1ccccc1. The Morgan fingerprint density at radius 1 is 1.23 bits per heavy atom. The molecule has 4 nitrogen and oxygen atoms in total. The molecule has 0 heterocycles. The van der Waals surface area contributed by atoms with Crippen LogP contribution in [-0.2, 0) is 15.5 Å². The first-order valence-electron chi connectivity index (χ1n) is 3.93. The lowest BCUT2D eigenvalue weighted by Gasteiger charge is -2.06. The summed E-state index contributed by atoms with van der Waals surface area (Å²) in [6, 6.07) is 9.71. The Morgan fingerprint density at radius 3 is 2.38 bits per heavy atom. The van der Waals surface area contributed by atoms with Crippen LogP contribution in [0.1, 0.15) is 5.56 Å². The molecule has 0 saturated carbocycles. The molecule has 0 aromatic heterocycles. The molecule has 1 rings (SSSR count). The summed E-state index contributed by atoms with van der Waals surface area (Å²) in [5.74, 6) is 0. The maximum atomic E-state index is 10.7. The van der Waals surface area contributed by atoms with Crippen LogP contribution in [0.15, 0.2) is 30.3 Å². The molecule has 0 atom stereocenters. The van der Waals surface area contributed by atoms with E-state index in [1.165, 1.54) is 0 Å². The first kappa shape index (κ1) is 10.4. The van der Waals surface area contributed by atoms with Crippen molar-refractivity contribution in [1.29, 1.82) is 0 Å². The number of rotatable bonds is 4. The predicted molar refractivity (Wildman–Crippen MR) is 52.1 cm³/mol. The summed E-state index contributed by atoms with van der Waals surface area (Å²) in [5, 5.41) is 0. The van der Waals surface area contributed by atoms with Gasteiger partial charge in [0.05, 0.1) is 6.61 Å². The minimum absolute atomic E-state index is 0.286. The van der Waals surface area contributed by atoms with E-state index in [4.69, 9.17) is 15.5 Å². The first-order chi connectivity index (χ1) is 6.08. The maximum absolute atomic E-state index is 10.7. The van der Waals surface area contributed by atoms with E-state index in [1.807, 2.05) is 30.3 Å². The fraction of sp³-hybridized carbons (Fsp3) is 0.250. The van der Waals surface area contributed by atoms with Crippen LogP contribution in [0, 0.1) is 0 Å². The number of benzene rings is 1. The first-order valence-corrected chi connectivity index (χ1v) is 5.70. The summed E-state index contributed by atoms with van der Waals surface area (Å²) < 4.78 is 15.5. The van der Waals surface area contributed by atoms with Crippen molar-refractivity contribution in [3.8, 4) is 0 Å². The van der Waals surface area contributed by atoms with Crippen LogP contribution in [0.25, 0.3) is 0 Å². The summed E-state index contributed by atoms with van der Waals surface area (Å²) >= 11 is 0. The van der Waals surface area contributed by atoms with E-state index in [1.54, 1.807) is 0 Å². The number of hydrogen-bond acceptors (Lipinski definition) is 2. The van der Waals surface area contributed by atoms with Crippen molar-refractivity contribution in [2.24, 2.45) is 11.0 Å². The molecule has 5 heteroatoms. The normalized spacial score (nSPS) is 11.5. The third-order valence-corrected chi connectivity index (χ3v) is 2.11. The van der Waals surface area contributed by atoms with Crippen molar-refractivity contribution >= 4 is 7.67 Å². The fourth-order valence-electron chi connectivity index (χ4n) is 0.951. The second-order valence-electron chi connectivity index (χ2n) is 2.71. The molecule has 0 spiro atoms. The lowest BCUT2D eigenvalue weighted by molar-refractivity contribution is 0.318. The van der Waals surface area contributed by atoms with Crippen molar-refractivity contribution in [1.82, 2.24) is 0 Å². The van der Waals surface area contributed by atoms with Crippen LogP contribution in [-0.4, -0.2) is 6.61 Å². The van der Waals surface area contributed by atoms with Crippen LogP contribution in [0.4, 0.5) is 0 Å². The van der Waals surface area contributed by atoms with Gasteiger partial charge in [0.2, 0.25) is 0 Å². The second kappa shape index (κ2) is 4.53. The zero-order chi connectivity index (χ0) is 9.73. The summed E-state index contributed by atoms with van der Waals surface area (Å²) in [6.45, 7) is 0.286. The number of nitrogens with two attached hydrogens (primary N) is 2. The van der Waals surface area contributed by atoms with E-state index >= 15 is 0 Å². The maximum Gasteiger partial charge on any atom is 0.335 e.